The van der Waals surface area contributed by atoms with Crippen molar-refractivity contribution in [2.24, 2.45) is 5.73 Å². The predicted molar refractivity (Wildman–Crippen MR) is 136 cm³/mol. The Morgan fingerprint density at radius 3 is 2.58 bits per heavy atom. The number of nitrogens with two attached hydrogens (primary N) is 1. The number of carbonyl (C=O) groups is 3. The first-order valence-corrected chi connectivity index (χ1v) is 11.5. The van der Waals surface area contributed by atoms with E-state index in [0.717, 1.165) is 5.56 Å². The van der Waals surface area contributed by atoms with Gasteiger partial charge in [-0.1, -0.05) is 60.1 Å². The lowest BCUT2D eigenvalue weighted by atomic mass is 10.1. The van der Waals surface area contributed by atoms with Crippen LogP contribution in [0.25, 0.3) is 10.9 Å². The fourth-order valence-electron chi connectivity index (χ4n) is 4.49. The number of nitrogens with one attached hydrogen (secondary N) is 2. The molecular weight excluding hydrogens is 485 g/mol. The van der Waals surface area contributed by atoms with Crippen molar-refractivity contribution in [1.29, 1.82) is 0 Å². The summed E-state index contributed by atoms with van der Waals surface area (Å²) < 4.78 is 15.5. The summed E-state index contributed by atoms with van der Waals surface area (Å²) in [5.41, 5.74) is 7.71. The van der Waals surface area contributed by atoms with Crippen molar-refractivity contribution < 1.29 is 18.8 Å². The Kier molecular flexibility index (Phi) is 6.07. The topological polar surface area (TPSA) is 109 Å². The van der Waals surface area contributed by atoms with Gasteiger partial charge in [-0.2, -0.15) is 0 Å². The lowest BCUT2D eigenvalue weighted by Gasteiger charge is -2.25. The number of primary amides is 1. The van der Waals surface area contributed by atoms with E-state index in [1.807, 2.05) is 12.1 Å². The van der Waals surface area contributed by atoms with Gasteiger partial charge in [0, 0.05) is 29.6 Å². The van der Waals surface area contributed by atoms with Crippen molar-refractivity contribution in [3.05, 3.63) is 94.8 Å². The monoisotopic (exact) mass is 505 g/mol. The van der Waals surface area contributed by atoms with E-state index in [1.54, 1.807) is 48.5 Å². The fourth-order valence-corrected chi connectivity index (χ4v) is 4.68. The summed E-state index contributed by atoms with van der Waals surface area (Å²) in [7, 11) is 0. The number of halogens is 2. The molecule has 0 fully saturated rings. The molecule has 0 unspecified atom stereocenters. The van der Waals surface area contributed by atoms with Crippen molar-refractivity contribution in [3.63, 3.8) is 0 Å². The number of fused-ring (bicyclic) bond motifs is 2. The van der Waals surface area contributed by atoms with Gasteiger partial charge in [-0.25, -0.2) is 18.5 Å². The Labute approximate surface area is 210 Å². The highest BCUT2D eigenvalue weighted by Crippen LogP contribution is 2.33. The number of benzene rings is 3. The second-order valence-electron chi connectivity index (χ2n) is 8.34. The SMILES string of the molecule is NC(=O)n1c(NC(=O)N2c3ccccc3C[C@H]2C(=O)NCc2cccc(Cl)c2F)cc2ccccc21. The van der Waals surface area contributed by atoms with Gasteiger partial charge >= 0.3 is 12.1 Å². The fraction of sp³-hybridized carbons (Fsp3) is 0.115. The summed E-state index contributed by atoms with van der Waals surface area (Å²) >= 11 is 5.84. The van der Waals surface area contributed by atoms with Crippen LogP contribution in [0, 0.1) is 5.82 Å². The zero-order valence-corrected chi connectivity index (χ0v) is 19.6. The number of hydrogen-bond acceptors (Lipinski definition) is 3. The van der Waals surface area contributed by atoms with E-state index in [-0.39, 0.29) is 29.4 Å². The molecule has 0 aliphatic carbocycles. The Balaban J connectivity index is 1.43. The van der Waals surface area contributed by atoms with Crippen LogP contribution in [0.2, 0.25) is 5.02 Å². The Bertz CT molecular complexity index is 1520. The zero-order valence-electron chi connectivity index (χ0n) is 18.9. The van der Waals surface area contributed by atoms with E-state index in [9.17, 15) is 18.8 Å². The van der Waals surface area contributed by atoms with Crippen LogP contribution >= 0.6 is 11.6 Å². The second kappa shape index (κ2) is 9.35. The number of hydrogen-bond donors (Lipinski definition) is 3. The molecule has 0 saturated heterocycles. The quantitative estimate of drug-likeness (QED) is 0.376. The van der Waals surface area contributed by atoms with Crippen LogP contribution in [-0.2, 0) is 17.8 Å². The molecule has 182 valence electrons. The molecule has 5 rings (SSSR count). The minimum Gasteiger partial charge on any atom is -0.351 e. The van der Waals surface area contributed by atoms with Gasteiger partial charge in [0.15, 0.2) is 0 Å². The molecule has 1 atom stereocenters. The number of amides is 4. The van der Waals surface area contributed by atoms with Crippen LogP contribution in [-0.4, -0.2) is 28.6 Å². The molecule has 4 aromatic rings. The van der Waals surface area contributed by atoms with Gasteiger partial charge in [0.2, 0.25) is 5.91 Å². The molecule has 3 aromatic carbocycles. The molecule has 0 radical (unpaired) electrons. The Hall–Kier alpha value is -4.37. The summed E-state index contributed by atoms with van der Waals surface area (Å²) in [6.07, 6.45) is 0.270. The lowest BCUT2D eigenvalue weighted by molar-refractivity contribution is -0.122. The molecule has 36 heavy (non-hydrogen) atoms. The standard InChI is InChI=1S/C26H21ClFN5O3/c27-18-9-5-8-17(23(18)28)14-30-24(34)21-12-15-6-1-3-10-19(15)32(21)26(36)31-22-13-16-7-2-4-11-20(16)33(22)25(29)35/h1-11,13,21H,12,14H2,(H2,29,35)(H,30,34)(H,31,36)/t21-/m0/s1. The van der Waals surface area contributed by atoms with Crippen LogP contribution in [0.5, 0.6) is 0 Å². The normalized spacial score (nSPS) is 14.5. The Morgan fingerprint density at radius 1 is 1.03 bits per heavy atom. The molecule has 1 aliphatic heterocycles. The number of anilines is 2. The number of para-hydroxylation sites is 2. The Morgan fingerprint density at radius 2 is 1.78 bits per heavy atom. The maximum Gasteiger partial charge on any atom is 0.328 e. The number of rotatable bonds is 4. The molecule has 4 N–H and O–H groups in total. The molecule has 8 nitrogen and oxygen atoms in total. The van der Waals surface area contributed by atoms with Crippen molar-refractivity contribution in [2.45, 2.75) is 19.0 Å². The highest BCUT2D eigenvalue weighted by Gasteiger charge is 2.38. The van der Waals surface area contributed by atoms with Crippen molar-refractivity contribution in [3.8, 4) is 0 Å². The van der Waals surface area contributed by atoms with E-state index < -0.39 is 29.8 Å². The number of urea groups is 1. The molecule has 1 aliphatic rings. The van der Waals surface area contributed by atoms with Crippen molar-refractivity contribution >= 4 is 52.0 Å². The maximum absolute atomic E-state index is 14.3. The molecule has 10 heteroatoms. The van der Waals surface area contributed by atoms with Crippen LogP contribution in [0.1, 0.15) is 11.1 Å². The molecule has 0 saturated carbocycles. The number of aromatic nitrogens is 1. The zero-order chi connectivity index (χ0) is 25.4. The highest BCUT2D eigenvalue weighted by molar-refractivity contribution is 6.30. The summed E-state index contributed by atoms with van der Waals surface area (Å²) in [6, 6.07) is 18.1. The van der Waals surface area contributed by atoms with Gasteiger partial charge in [0.25, 0.3) is 0 Å². The summed E-state index contributed by atoms with van der Waals surface area (Å²) in [6.45, 7) is -0.0938. The van der Waals surface area contributed by atoms with Gasteiger partial charge < -0.3 is 11.1 Å². The minimum absolute atomic E-state index is 0.0409. The van der Waals surface area contributed by atoms with E-state index in [2.05, 4.69) is 10.6 Å². The van der Waals surface area contributed by atoms with Crippen LogP contribution in [0.15, 0.2) is 72.8 Å². The van der Waals surface area contributed by atoms with Gasteiger partial charge in [-0.3, -0.25) is 15.0 Å². The molecular formula is C26H21ClFN5O3. The third-order valence-corrected chi connectivity index (χ3v) is 6.44. The largest absolute Gasteiger partial charge is 0.351 e. The smallest absolute Gasteiger partial charge is 0.328 e. The molecule has 4 amide bonds. The first-order chi connectivity index (χ1) is 17.3. The lowest BCUT2D eigenvalue weighted by Crippen LogP contribution is -2.49. The first-order valence-electron chi connectivity index (χ1n) is 11.1. The van der Waals surface area contributed by atoms with E-state index in [4.69, 9.17) is 17.3 Å². The third kappa shape index (κ3) is 4.14. The predicted octanol–water partition coefficient (Wildman–Crippen LogP) is 4.64. The van der Waals surface area contributed by atoms with Crippen LogP contribution in [0.3, 0.4) is 0 Å². The van der Waals surface area contributed by atoms with Crippen molar-refractivity contribution in [2.75, 3.05) is 10.2 Å². The average molecular weight is 506 g/mol. The van der Waals surface area contributed by atoms with Gasteiger partial charge in [-0.05, 0) is 29.8 Å². The van der Waals surface area contributed by atoms with E-state index >= 15 is 0 Å². The van der Waals surface area contributed by atoms with Gasteiger partial charge in [-0.15, -0.1) is 0 Å². The summed E-state index contributed by atoms with van der Waals surface area (Å²) in [5, 5.41) is 6.11. The maximum atomic E-state index is 14.3. The summed E-state index contributed by atoms with van der Waals surface area (Å²) in [5.74, 6) is -0.891. The van der Waals surface area contributed by atoms with Gasteiger partial charge in [0.05, 0.1) is 10.5 Å². The molecule has 0 bridgehead atoms. The van der Waals surface area contributed by atoms with E-state index in [1.165, 1.54) is 21.6 Å². The van der Waals surface area contributed by atoms with E-state index in [0.29, 0.717) is 16.6 Å². The highest BCUT2D eigenvalue weighted by atomic mass is 35.5. The molecule has 2 heterocycles. The van der Waals surface area contributed by atoms with Gasteiger partial charge in [0.1, 0.15) is 17.7 Å². The number of carbonyl (C=O) groups excluding carboxylic acids is 3. The van der Waals surface area contributed by atoms with Crippen molar-refractivity contribution in [1.82, 2.24) is 9.88 Å². The van der Waals surface area contributed by atoms with Crippen LogP contribution < -0.4 is 21.3 Å². The third-order valence-electron chi connectivity index (χ3n) is 6.15. The summed E-state index contributed by atoms with van der Waals surface area (Å²) in [4.78, 5) is 40.2. The first kappa shape index (κ1) is 23.4. The number of nitrogens with zero attached hydrogens (tertiary/aromatic N) is 2. The van der Waals surface area contributed by atoms with Crippen LogP contribution in [0.4, 0.5) is 25.5 Å². The molecule has 1 aromatic heterocycles. The second-order valence-corrected chi connectivity index (χ2v) is 8.75. The minimum atomic E-state index is -0.893. The average Bonchev–Trinajstić information content (AvgIpc) is 3.43. The molecule has 0 spiro atoms.